The average molecular weight is 266 g/mol. The molecule has 1 aliphatic rings. The summed E-state index contributed by atoms with van der Waals surface area (Å²) in [6.45, 7) is 3.67. The third kappa shape index (κ3) is 3.53. The number of quaternary nitrogens is 1. The van der Waals surface area contributed by atoms with Crippen molar-refractivity contribution in [2.24, 2.45) is 0 Å². The molecule has 3 nitrogen and oxygen atoms in total. The second-order valence-corrected chi connectivity index (χ2v) is 4.98. The zero-order chi connectivity index (χ0) is 13.7. The van der Waals surface area contributed by atoms with E-state index in [2.05, 4.69) is 0 Å². The summed E-state index contributed by atoms with van der Waals surface area (Å²) in [7, 11) is 0. The number of benzene rings is 1. The Bertz CT molecular complexity index is 436. The smallest absolute Gasteiger partial charge is 0.364 e. The predicted octanol–water partition coefficient (Wildman–Crippen LogP) is 1.33. The lowest BCUT2D eigenvalue weighted by Gasteiger charge is -2.31. The van der Waals surface area contributed by atoms with E-state index in [-0.39, 0.29) is 17.8 Å². The van der Waals surface area contributed by atoms with Gasteiger partial charge in [-0.1, -0.05) is 18.2 Å². The minimum absolute atomic E-state index is 0.145. The van der Waals surface area contributed by atoms with Gasteiger partial charge in [-0.2, -0.15) is 0 Å². The van der Waals surface area contributed by atoms with Gasteiger partial charge in [-0.3, -0.25) is 0 Å². The van der Waals surface area contributed by atoms with Crippen molar-refractivity contribution in [3.63, 3.8) is 0 Å². The SMILES string of the molecule is CCOC(=O)[C@@H]1CCCC[NH+]1Cc1ccccc1F. The van der Waals surface area contributed by atoms with E-state index >= 15 is 0 Å². The zero-order valence-electron chi connectivity index (χ0n) is 11.3. The molecular weight excluding hydrogens is 245 g/mol. The zero-order valence-corrected chi connectivity index (χ0v) is 11.3. The Hall–Kier alpha value is -1.42. The molecule has 0 amide bonds. The molecule has 1 fully saturated rings. The van der Waals surface area contributed by atoms with E-state index in [4.69, 9.17) is 4.74 Å². The Morgan fingerprint density at radius 3 is 2.95 bits per heavy atom. The number of halogens is 1. The first-order valence-electron chi connectivity index (χ1n) is 6.97. The Morgan fingerprint density at radius 1 is 1.42 bits per heavy atom. The molecule has 0 aromatic heterocycles. The number of piperidine rings is 1. The van der Waals surface area contributed by atoms with Gasteiger partial charge in [0.05, 0.1) is 13.2 Å². The molecule has 1 heterocycles. The van der Waals surface area contributed by atoms with E-state index in [1.807, 2.05) is 13.0 Å². The van der Waals surface area contributed by atoms with Crippen LogP contribution in [0.25, 0.3) is 0 Å². The largest absolute Gasteiger partial charge is 0.462 e. The first-order valence-corrected chi connectivity index (χ1v) is 6.97. The first-order chi connectivity index (χ1) is 9.22. The molecule has 2 rings (SSSR count). The van der Waals surface area contributed by atoms with Gasteiger partial charge >= 0.3 is 5.97 Å². The fraction of sp³-hybridized carbons (Fsp3) is 0.533. The molecule has 0 saturated carbocycles. The maximum atomic E-state index is 13.7. The third-order valence-electron chi connectivity index (χ3n) is 3.68. The van der Waals surface area contributed by atoms with Gasteiger partial charge in [0.1, 0.15) is 12.4 Å². The van der Waals surface area contributed by atoms with E-state index in [1.165, 1.54) is 6.07 Å². The molecule has 0 bridgehead atoms. The maximum Gasteiger partial charge on any atom is 0.364 e. The van der Waals surface area contributed by atoms with Crippen LogP contribution in [0.3, 0.4) is 0 Å². The Labute approximate surface area is 113 Å². The van der Waals surface area contributed by atoms with Crippen LogP contribution in [0.5, 0.6) is 0 Å². The number of hydrogen-bond donors (Lipinski definition) is 1. The second-order valence-electron chi connectivity index (χ2n) is 4.98. The molecule has 1 aromatic carbocycles. The summed E-state index contributed by atoms with van der Waals surface area (Å²) in [5.41, 5.74) is 0.675. The third-order valence-corrected chi connectivity index (χ3v) is 3.68. The number of carbonyl (C=O) groups excluding carboxylic acids is 1. The number of esters is 1. The summed E-state index contributed by atoms with van der Waals surface area (Å²) in [4.78, 5) is 13.1. The highest BCUT2D eigenvalue weighted by molar-refractivity contribution is 5.74. The van der Waals surface area contributed by atoms with Gasteiger partial charge in [-0.25, -0.2) is 9.18 Å². The number of carbonyl (C=O) groups is 1. The summed E-state index contributed by atoms with van der Waals surface area (Å²) < 4.78 is 18.8. The standard InChI is InChI=1S/C15H20FNO2/c1-2-19-15(18)14-9-5-6-10-17(14)11-12-7-3-4-8-13(12)16/h3-4,7-8,14H,2,5-6,9-11H2,1H3/p+1/t14-/m0/s1. The van der Waals surface area contributed by atoms with Crippen molar-refractivity contribution in [3.8, 4) is 0 Å². The fourth-order valence-corrected chi connectivity index (χ4v) is 2.70. The summed E-state index contributed by atoms with van der Waals surface area (Å²) in [6.07, 6.45) is 2.96. The Kier molecular flexibility index (Phi) is 4.91. The van der Waals surface area contributed by atoms with Crippen LogP contribution in [0, 0.1) is 5.82 Å². The molecule has 1 aromatic rings. The maximum absolute atomic E-state index is 13.7. The van der Waals surface area contributed by atoms with Crippen molar-refractivity contribution in [1.29, 1.82) is 0 Å². The summed E-state index contributed by atoms with van der Waals surface area (Å²) in [5, 5.41) is 0. The normalized spacial score (nSPS) is 23.1. The van der Waals surface area contributed by atoms with Crippen LogP contribution in [-0.2, 0) is 16.1 Å². The predicted molar refractivity (Wildman–Crippen MR) is 70.2 cm³/mol. The molecule has 0 radical (unpaired) electrons. The summed E-state index contributed by atoms with van der Waals surface area (Å²) in [5.74, 6) is -0.336. The Morgan fingerprint density at radius 2 is 2.21 bits per heavy atom. The molecule has 1 N–H and O–H groups in total. The minimum atomic E-state index is -0.191. The van der Waals surface area contributed by atoms with Gasteiger partial charge in [-0.15, -0.1) is 0 Å². The topological polar surface area (TPSA) is 30.7 Å². The highest BCUT2D eigenvalue weighted by Gasteiger charge is 2.33. The summed E-state index contributed by atoms with van der Waals surface area (Å²) >= 11 is 0. The van der Waals surface area contributed by atoms with Crippen LogP contribution >= 0.6 is 0 Å². The van der Waals surface area contributed by atoms with Crippen molar-refractivity contribution in [3.05, 3.63) is 35.6 Å². The number of rotatable bonds is 4. The van der Waals surface area contributed by atoms with Crippen molar-refractivity contribution in [2.75, 3.05) is 13.2 Å². The molecule has 1 aliphatic heterocycles. The van der Waals surface area contributed by atoms with E-state index < -0.39 is 0 Å². The van der Waals surface area contributed by atoms with E-state index in [0.717, 1.165) is 30.7 Å². The quantitative estimate of drug-likeness (QED) is 0.833. The first kappa shape index (κ1) is 14.0. The second kappa shape index (κ2) is 6.66. The molecular formula is C15H21FNO2+. The van der Waals surface area contributed by atoms with Crippen LogP contribution in [-0.4, -0.2) is 25.2 Å². The molecule has 0 spiro atoms. The van der Waals surface area contributed by atoms with E-state index in [9.17, 15) is 9.18 Å². The van der Waals surface area contributed by atoms with Crippen molar-refractivity contribution in [1.82, 2.24) is 0 Å². The average Bonchev–Trinajstić information content (AvgIpc) is 2.42. The number of ether oxygens (including phenoxy) is 1. The lowest BCUT2D eigenvalue weighted by molar-refractivity contribution is -0.935. The highest BCUT2D eigenvalue weighted by atomic mass is 19.1. The van der Waals surface area contributed by atoms with Crippen molar-refractivity contribution >= 4 is 5.97 Å². The molecule has 4 heteroatoms. The van der Waals surface area contributed by atoms with Gasteiger partial charge in [0, 0.05) is 12.0 Å². The molecule has 104 valence electrons. The highest BCUT2D eigenvalue weighted by Crippen LogP contribution is 2.09. The number of nitrogens with one attached hydrogen (secondary N) is 1. The van der Waals surface area contributed by atoms with Gasteiger partial charge < -0.3 is 9.64 Å². The molecule has 0 aliphatic carbocycles. The van der Waals surface area contributed by atoms with Crippen molar-refractivity contribution in [2.45, 2.75) is 38.8 Å². The lowest BCUT2D eigenvalue weighted by atomic mass is 10.0. The molecule has 2 atom stereocenters. The number of likely N-dealkylation sites (tertiary alicyclic amines) is 1. The molecule has 1 saturated heterocycles. The van der Waals surface area contributed by atoms with Crippen LogP contribution in [0.15, 0.2) is 24.3 Å². The van der Waals surface area contributed by atoms with E-state index in [0.29, 0.717) is 18.7 Å². The van der Waals surface area contributed by atoms with E-state index in [1.54, 1.807) is 12.1 Å². The Balaban J connectivity index is 2.07. The van der Waals surface area contributed by atoms with Crippen LogP contribution < -0.4 is 4.90 Å². The monoisotopic (exact) mass is 266 g/mol. The minimum Gasteiger partial charge on any atom is -0.462 e. The van der Waals surface area contributed by atoms with Gasteiger partial charge in [-0.05, 0) is 25.8 Å². The fourth-order valence-electron chi connectivity index (χ4n) is 2.70. The van der Waals surface area contributed by atoms with Crippen LogP contribution in [0.2, 0.25) is 0 Å². The summed E-state index contributed by atoms with van der Waals surface area (Å²) in [6, 6.07) is 6.64. The van der Waals surface area contributed by atoms with Crippen molar-refractivity contribution < 1.29 is 18.8 Å². The lowest BCUT2D eigenvalue weighted by Crippen LogP contribution is -3.16. The molecule has 1 unspecified atom stereocenters. The molecule has 19 heavy (non-hydrogen) atoms. The van der Waals surface area contributed by atoms with Crippen LogP contribution in [0.4, 0.5) is 4.39 Å². The van der Waals surface area contributed by atoms with Crippen LogP contribution in [0.1, 0.15) is 31.7 Å². The number of hydrogen-bond acceptors (Lipinski definition) is 2. The van der Waals surface area contributed by atoms with Gasteiger partial charge in [0.2, 0.25) is 0 Å². The van der Waals surface area contributed by atoms with Gasteiger partial charge in [0.25, 0.3) is 0 Å². The van der Waals surface area contributed by atoms with Gasteiger partial charge in [0.15, 0.2) is 6.04 Å².